The predicted octanol–water partition coefficient (Wildman–Crippen LogP) is 2.84. The quantitative estimate of drug-likeness (QED) is 0.495. The Labute approximate surface area is 194 Å². The maximum atomic E-state index is 12.7. The fourth-order valence-corrected chi connectivity index (χ4v) is 4.34. The highest BCUT2D eigenvalue weighted by molar-refractivity contribution is 6.02. The molecule has 33 heavy (non-hydrogen) atoms. The third-order valence-electron chi connectivity index (χ3n) is 6.21. The van der Waals surface area contributed by atoms with Crippen LogP contribution in [-0.4, -0.2) is 77.7 Å². The third-order valence-corrected chi connectivity index (χ3v) is 6.21. The number of rotatable bonds is 7. The summed E-state index contributed by atoms with van der Waals surface area (Å²) in [5.41, 5.74) is 1.00. The van der Waals surface area contributed by atoms with Crippen LogP contribution in [0.2, 0.25) is 0 Å². The second-order valence-corrected chi connectivity index (χ2v) is 8.57. The van der Waals surface area contributed by atoms with Crippen LogP contribution >= 0.6 is 0 Å². The summed E-state index contributed by atoms with van der Waals surface area (Å²) < 4.78 is 5.86. The molecule has 2 fully saturated rings. The third kappa shape index (κ3) is 5.76. The maximum Gasteiger partial charge on any atom is 0.254 e. The average molecular weight is 454 g/mol. The zero-order chi connectivity index (χ0) is 23.2. The number of carbonyl (C=O) groups is 2. The van der Waals surface area contributed by atoms with Crippen molar-refractivity contribution < 1.29 is 24.5 Å². The number of likely N-dealkylation sites (tertiary alicyclic amines) is 1. The van der Waals surface area contributed by atoms with Gasteiger partial charge in [-0.15, -0.1) is 0 Å². The van der Waals surface area contributed by atoms with Crippen LogP contribution in [0.4, 0.5) is 5.69 Å². The first-order valence-corrected chi connectivity index (χ1v) is 11.6. The minimum atomic E-state index is -0.361. The maximum absolute atomic E-state index is 12.7. The summed E-state index contributed by atoms with van der Waals surface area (Å²) in [7, 11) is 0. The molecule has 2 aliphatic rings. The van der Waals surface area contributed by atoms with E-state index in [0.29, 0.717) is 19.7 Å². The summed E-state index contributed by atoms with van der Waals surface area (Å²) in [5, 5.41) is 19.1. The summed E-state index contributed by atoms with van der Waals surface area (Å²) in [4.78, 5) is 31.0. The van der Waals surface area contributed by atoms with Gasteiger partial charge in [-0.05, 0) is 74.8 Å². The Morgan fingerprint density at radius 3 is 2.36 bits per heavy atom. The van der Waals surface area contributed by atoms with Crippen molar-refractivity contribution in [3.05, 3.63) is 48.0 Å². The lowest BCUT2D eigenvalue weighted by Crippen LogP contribution is -2.52. The lowest BCUT2D eigenvalue weighted by Gasteiger charge is -2.34. The van der Waals surface area contributed by atoms with Gasteiger partial charge < -0.3 is 29.6 Å². The van der Waals surface area contributed by atoms with Crippen molar-refractivity contribution in [3.8, 4) is 17.2 Å². The molecule has 0 radical (unpaired) electrons. The summed E-state index contributed by atoms with van der Waals surface area (Å²) in [6.07, 6.45) is 4.93. The van der Waals surface area contributed by atoms with Crippen LogP contribution in [0.25, 0.3) is 0 Å². The van der Waals surface area contributed by atoms with E-state index in [1.807, 2.05) is 24.3 Å². The lowest BCUT2D eigenvalue weighted by molar-refractivity contribution is -0.120. The highest BCUT2D eigenvalue weighted by Crippen LogP contribution is 2.26. The summed E-state index contributed by atoms with van der Waals surface area (Å²) >= 11 is 0. The van der Waals surface area contributed by atoms with Crippen molar-refractivity contribution in [1.82, 2.24) is 9.80 Å². The van der Waals surface area contributed by atoms with E-state index < -0.39 is 0 Å². The van der Waals surface area contributed by atoms with Crippen molar-refractivity contribution in [2.45, 2.75) is 25.7 Å². The van der Waals surface area contributed by atoms with E-state index in [9.17, 15) is 19.8 Å². The molecule has 0 bridgehead atoms. The molecule has 0 aliphatic carbocycles. The average Bonchev–Trinajstić information content (AvgIpc) is 2.84. The standard InChI is InChI=1S/C25H31N3O5/c29-22-10-5-19(17-23(22)30)25(32)27-14-15-28(24(31)18-27)20-6-8-21(9-7-20)33-16-4-13-26-11-2-1-3-12-26/h5-10,17,29-30H,1-4,11-16,18H2. The Hall–Kier alpha value is -3.26. The van der Waals surface area contributed by atoms with Crippen molar-refractivity contribution in [3.63, 3.8) is 0 Å². The summed E-state index contributed by atoms with van der Waals surface area (Å²) in [6, 6.07) is 11.4. The molecule has 2 saturated heterocycles. The van der Waals surface area contributed by atoms with Gasteiger partial charge in [-0.1, -0.05) is 6.42 Å². The Balaban J connectivity index is 1.26. The van der Waals surface area contributed by atoms with E-state index >= 15 is 0 Å². The molecule has 4 rings (SSSR count). The molecule has 2 amide bonds. The molecule has 0 atom stereocenters. The number of hydrogen-bond donors (Lipinski definition) is 2. The Morgan fingerprint density at radius 2 is 1.67 bits per heavy atom. The zero-order valence-electron chi connectivity index (χ0n) is 18.8. The first-order chi connectivity index (χ1) is 16.0. The van der Waals surface area contributed by atoms with Crippen LogP contribution in [0, 0.1) is 0 Å². The molecule has 0 spiro atoms. The van der Waals surface area contributed by atoms with E-state index in [1.54, 1.807) is 4.90 Å². The van der Waals surface area contributed by atoms with Crippen LogP contribution in [0.3, 0.4) is 0 Å². The number of phenolic OH excluding ortho intramolecular Hbond substituents is 2. The Bertz CT molecular complexity index is 973. The predicted molar refractivity (Wildman–Crippen MR) is 125 cm³/mol. The molecule has 0 aromatic heterocycles. The molecular weight excluding hydrogens is 422 g/mol. The molecule has 2 aromatic rings. The number of piperidine rings is 1. The minimum absolute atomic E-state index is 0.0464. The van der Waals surface area contributed by atoms with Gasteiger partial charge >= 0.3 is 0 Å². The second kappa shape index (κ2) is 10.6. The molecule has 0 saturated carbocycles. The van der Waals surface area contributed by atoms with Gasteiger partial charge in [0.05, 0.1) is 6.61 Å². The van der Waals surface area contributed by atoms with Crippen LogP contribution in [0.1, 0.15) is 36.0 Å². The number of piperazine rings is 1. The topological polar surface area (TPSA) is 93.6 Å². The number of amides is 2. The number of carbonyl (C=O) groups excluding carboxylic acids is 2. The van der Waals surface area contributed by atoms with Gasteiger partial charge in [-0.3, -0.25) is 9.59 Å². The van der Waals surface area contributed by atoms with Gasteiger partial charge in [0.15, 0.2) is 11.5 Å². The first kappa shape index (κ1) is 22.9. The Morgan fingerprint density at radius 1 is 0.909 bits per heavy atom. The second-order valence-electron chi connectivity index (χ2n) is 8.57. The number of nitrogens with zero attached hydrogens (tertiary/aromatic N) is 3. The number of benzene rings is 2. The molecule has 0 unspecified atom stereocenters. The van der Waals surface area contributed by atoms with Crippen LogP contribution < -0.4 is 9.64 Å². The monoisotopic (exact) mass is 453 g/mol. The van der Waals surface area contributed by atoms with Gasteiger partial charge in [0.2, 0.25) is 5.91 Å². The van der Waals surface area contributed by atoms with E-state index in [4.69, 9.17) is 4.74 Å². The van der Waals surface area contributed by atoms with E-state index in [2.05, 4.69) is 4.90 Å². The number of anilines is 1. The lowest BCUT2D eigenvalue weighted by atomic mass is 10.1. The number of hydrogen-bond acceptors (Lipinski definition) is 6. The molecule has 176 valence electrons. The molecular formula is C25H31N3O5. The fraction of sp³-hybridized carbons (Fsp3) is 0.440. The van der Waals surface area contributed by atoms with Gasteiger partial charge in [0, 0.05) is 30.9 Å². The molecule has 2 aromatic carbocycles. The fourth-order valence-electron chi connectivity index (χ4n) is 4.34. The summed E-state index contributed by atoms with van der Waals surface area (Å²) in [6.45, 7) is 4.83. The smallest absolute Gasteiger partial charge is 0.254 e. The highest BCUT2D eigenvalue weighted by atomic mass is 16.5. The molecule has 2 heterocycles. The van der Waals surface area contributed by atoms with Crippen LogP contribution in [0.5, 0.6) is 17.2 Å². The Kier molecular flexibility index (Phi) is 7.34. The van der Waals surface area contributed by atoms with Gasteiger partial charge in [-0.25, -0.2) is 0 Å². The van der Waals surface area contributed by atoms with E-state index in [1.165, 1.54) is 55.5 Å². The van der Waals surface area contributed by atoms with Crippen LogP contribution in [0.15, 0.2) is 42.5 Å². The van der Waals surface area contributed by atoms with Crippen molar-refractivity contribution in [1.29, 1.82) is 0 Å². The van der Waals surface area contributed by atoms with Gasteiger partial charge in [0.25, 0.3) is 5.91 Å². The van der Waals surface area contributed by atoms with E-state index in [-0.39, 0.29) is 35.4 Å². The minimum Gasteiger partial charge on any atom is -0.504 e. The number of ether oxygens (including phenoxy) is 1. The molecule has 2 N–H and O–H groups in total. The highest BCUT2D eigenvalue weighted by Gasteiger charge is 2.29. The summed E-state index contributed by atoms with van der Waals surface area (Å²) in [5.74, 6) is -0.397. The number of aromatic hydroxyl groups is 2. The van der Waals surface area contributed by atoms with Crippen LogP contribution in [-0.2, 0) is 4.79 Å². The molecule has 8 heteroatoms. The normalized spacial score (nSPS) is 17.3. The largest absolute Gasteiger partial charge is 0.504 e. The molecule has 8 nitrogen and oxygen atoms in total. The SMILES string of the molecule is O=C(c1ccc(O)c(O)c1)N1CCN(c2ccc(OCCCN3CCCCC3)cc2)C(=O)C1. The van der Waals surface area contributed by atoms with Gasteiger partial charge in [-0.2, -0.15) is 0 Å². The van der Waals surface area contributed by atoms with Crippen molar-refractivity contribution >= 4 is 17.5 Å². The zero-order valence-corrected chi connectivity index (χ0v) is 18.8. The first-order valence-electron chi connectivity index (χ1n) is 11.6. The van der Waals surface area contributed by atoms with Crippen molar-refractivity contribution in [2.75, 3.05) is 50.8 Å². The van der Waals surface area contributed by atoms with E-state index in [0.717, 1.165) is 24.4 Å². The van der Waals surface area contributed by atoms with Crippen molar-refractivity contribution in [2.24, 2.45) is 0 Å². The van der Waals surface area contributed by atoms with Gasteiger partial charge in [0.1, 0.15) is 12.3 Å². The number of phenols is 2. The molecule has 2 aliphatic heterocycles.